The Kier molecular flexibility index (Phi) is 2.76. The third-order valence-electron chi connectivity index (χ3n) is 3.44. The first-order valence-corrected chi connectivity index (χ1v) is 7.47. The van der Waals surface area contributed by atoms with E-state index >= 15 is 0 Å². The van der Waals surface area contributed by atoms with Crippen LogP contribution < -0.4 is 5.32 Å². The molecular formula is C11H11ClN4OS. The van der Waals surface area contributed by atoms with E-state index in [1.54, 1.807) is 0 Å². The zero-order valence-corrected chi connectivity index (χ0v) is 11.1. The summed E-state index contributed by atoms with van der Waals surface area (Å²) in [4.78, 5) is 8.84. The van der Waals surface area contributed by atoms with Crippen molar-refractivity contribution in [3.05, 3.63) is 11.0 Å². The molecule has 1 aliphatic heterocycles. The molecule has 94 valence electrons. The summed E-state index contributed by atoms with van der Waals surface area (Å²) >= 11 is 5.87. The second kappa shape index (κ2) is 4.18. The summed E-state index contributed by atoms with van der Waals surface area (Å²) in [5.74, 6) is 1.03. The Hall–Kier alpha value is -1.19. The molecule has 1 aliphatic carbocycles. The summed E-state index contributed by atoms with van der Waals surface area (Å²) in [7, 11) is -1.09. The van der Waals surface area contributed by atoms with Gasteiger partial charge < -0.3 is 5.32 Å². The van der Waals surface area contributed by atoms with Crippen LogP contribution in [0.2, 0.25) is 5.28 Å². The van der Waals surface area contributed by atoms with Crippen LogP contribution >= 0.6 is 11.6 Å². The van der Waals surface area contributed by atoms with Crippen LogP contribution in [0, 0.1) is 11.3 Å². The third-order valence-corrected chi connectivity index (χ3v) is 5.07. The quantitative estimate of drug-likeness (QED) is 0.835. The maximum Gasteiger partial charge on any atom is 0.224 e. The van der Waals surface area contributed by atoms with Crippen molar-refractivity contribution in [3.63, 3.8) is 0 Å². The van der Waals surface area contributed by atoms with Gasteiger partial charge in [0.05, 0.1) is 22.6 Å². The second-order valence-corrected chi connectivity index (χ2v) is 6.43. The summed E-state index contributed by atoms with van der Waals surface area (Å²) in [5, 5.41) is 12.5. The molecule has 1 saturated carbocycles. The van der Waals surface area contributed by atoms with Gasteiger partial charge in [0, 0.05) is 12.2 Å². The van der Waals surface area contributed by atoms with E-state index < -0.39 is 16.3 Å². The summed E-state index contributed by atoms with van der Waals surface area (Å²) in [6, 6.07) is 2.28. The Morgan fingerprint density at radius 1 is 1.44 bits per heavy atom. The fraction of sp³-hybridized carbons (Fsp3) is 0.545. The molecule has 1 aromatic heterocycles. The lowest BCUT2D eigenvalue weighted by atomic mass is 9.78. The van der Waals surface area contributed by atoms with Crippen LogP contribution in [-0.4, -0.2) is 25.5 Å². The van der Waals surface area contributed by atoms with E-state index in [1.807, 2.05) is 0 Å². The molecule has 2 aliphatic rings. The van der Waals surface area contributed by atoms with E-state index in [0.717, 1.165) is 25.0 Å². The van der Waals surface area contributed by atoms with Crippen molar-refractivity contribution >= 4 is 28.2 Å². The topological polar surface area (TPSA) is 78.7 Å². The largest absolute Gasteiger partial charge is 0.351 e. The average Bonchev–Trinajstić information content (AvgIpc) is 2.65. The number of rotatable bonds is 2. The highest BCUT2D eigenvalue weighted by Gasteiger charge is 2.39. The zero-order valence-electron chi connectivity index (χ0n) is 9.57. The number of hydrogen-bond donors (Lipinski definition) is 1. The van der Waals surface area contributed by atoms with Gasteiger partial charge in [0.1, 0.15) is 16.3 Å². The van der Waals surface area contributed by atoms with Gasteiger partial charge in [-0.1, -0.05) is 0 Å². The number of nitriles is 1. The molecule has 1 aromatic rings. The van der Waals surface area contributed by atoms with Crippen molar-refractivity contribution in [2.75, 3.05) is 11.1 Å². The molecule has 0 radical (unpaired) electrons. The van der Waals surface area contributed by atoms with Crippen molar-refractivity contribution in [2.24, 2.45) is 0 Å². The van der Waals surface area contributed by atoms with Crippen LogP contribution in [0.15, 0.2) is 4.90 Å². The van der Waals surface area contributed by atoms with Crippen molar-refractivity contribution in [1.29, 1.82) is 5.26 Å². The Labute approximate surface area is 112 Å². The molecule has 1 unspecified atom stereocenters. The van der Waals surface area contributed by atoms with Crippen LogP contribution in [0.3, 0.4) is 0 Å². The molecule has 1 N–H and O–H groups in total. The molecule has 0 bridgehead atoms. The van der Waals surface area contributed by atoms with Crippen LogP contribution in [-0.2, 0) is 17.2 Å². The molecule has 7 heteroatoms. The SMILES string of the molecule is N#CC1(Nc2nc(Cl)nc3c2S(=O)CC3)CCC1. The van der Waals surface area contributed by atoms with Gasteiger partial charge in [-0.15, -0.1) is 0 Å². The summed E-state index contributed by atoms with van der Waals surface area (Å²) in [6.07, 6.45) is 3.24. The molecule has 3 rings (SSSR count). The van der Waals surface area contributed by atoms with E-state index in [1.165, 1.54) is 0 Å². The minimum atomic E-state index is -1.09. The molecule has 1 atom stereocenters. The minimum absolute atomic E-state index is 0.141. The molecule has 0 aromatic carbocycles. The van der Waals surface area contributed by atoms with Crippen molar-refractivity contribution in [2.45, 2.75) is 36.1 Å². The molecule has 0 spiro atoms. The summed E-state index contributed by atoms with van der Waals surface area (Å²) < 4.78 is 11.9. The highest BCUT2D eigenvalue weighted by Crippen LogP contribution is 2.37. The normalized spacial score (nSPS) is 23.9. The highest BCUT2D eigenvalue weighted by atomic mass is 35.5. The van der Waals surface area contributed by atoms with E-state index in [9.17, 15) is 9.47 Å². The zero-order chi connectivity index (χ0) is 12.8. The maximum atomic E-state index is 11.9. The van der Waals surface area contributed by atoms with E-state index in [2.05, 4.69) is 21.4 Å². The Morgan fingerprint density at radius 2 is 2.22 bits per heavy atom. The molecule has 2 heterocycles. The first-order valence-electron chi connectivity index (χ1n) is 5.78. The monoisotopic (exact) mass is 282 g/mol. The number of nitrogens with zero attached hydrogens (tertiary/aromatic N) is 3. The number of aromatic nitrogens is 2. The number of anilines is 1. The van der Waals surface area contributed by atoms with Gasteiger partial charge in [0.2, 0.25) is 5.28 Å². The van der Waals surface area contributed by atoms with E-state index in [4.69, 9.17) is 11.6 Å². The second-order valence-electron chi connectivity index (χ2n) is 4.59. The van der Waals surface area contributed by atoms with Crippen molar-refractivity contribution < 1.29 is 4.21 Å². The van der Waals surface area contributed by atoms with Gasteiger partial charge in [-0.2, -0.15) is 10.2 Å². The molecule has 0 amide bonds. The van der Waals surface area contributed by atoms with Gasteiger partial charge >= 0.3 is 0 Å². The van der Waals surface area contributed by atoms with Crippen LogP contribution in [0.1, 0.15) is 25.0 Å². The summed E-state index contributed by atoms with van der Waals surface area (Å²) in [5.41, 5.74) is 0.168. The average molecular weight is 283 g/mol. The Bertz CT molecular complexity index is 579. The standard InChI is InChI=1S/C11H11ClN4OS/c12-10-14-7-2-5-18(17)8(7)9(15-10)16-11(6-13)3-1-4-11/h1-5H2,(H,14,15,16). The number of halogens is 1. The smallest absolute Gasteiger partial charge is 0.224 e. The molecular weight excluding hydrogens is 272 g/mol. The van der Waals surface area contributed by atoms with Gasteiger partial charge in [-0.25, -0.2) is 4.98 Å². The number of fused-ring (bicyclic) bond motifs is 1. The minimum Gasteiger partial charge on any atom is -0.351 e. The molecule has 1 fully saturated rings. The summed E-state index contributed by atoms with van der Waals surface area (Å²) in [6.45, 7) is 0. The number of aryl methyl sites for hydroxylation is 1. The Morgan fingerprint density at radius 3 is 2.83 bits per heavy atom. The number of hydrogen-bond acceptors (Lipinski definition) is 5. The fourth-order valence-corrected chi connectivity index (χ4v) is 3.77. The van der Waals surface area contributed by atoms with Crippen LogP contribution in [0.4, 0.5) is 5.82 Å². The van der Waals surface area contributed by atoms with Crippen molar-refractivity contribution in [3.8, 4) is 6.07 Å². The van der Waals surface area contributed by atoms with Crippen LogP contribution in [0.5, 0.6) is 0 Å². The van der Waals surface area contributed by atoms with Crippen LogP contribution in [0.25, 0.3) is 0 Å². The van der Waals surface area contributed by atoms with Gasteiger partial charge in [0.15, 0.2) is 0 Å². The first kappa shape index (κ1) is 11.9. The van der Waals surface area contributed by atoms with Crippen molar-refractivity contribution in [1.82, 2.24) is 9.97 Å². The van der Waals surface area contributed by atoms with E-state index in [0.29, 0.717) is 22.9 Å². The molecule has 5 nitrogen and oxygen atoms in total. The number of nitrogens with one attached hydrogen (secondary N) is 1. The van der Waals surface area contributed by atoms with Gasteiger partial charge in [-0.3, -0.25) is 4.21 Å². The lowest BCUT2D eigenvalue weighted by Gasteiger charge is -2.36. The Balaban J connectivity index is 2.02. The maximum absolute atomic E-state index is 11.9. The predicted molar refractivity (Wildman–Crippen MR) is 67.8 cm³/mol. The lowest BCUT2D eigenvalue weighted by Crippen LogP contribution is -2.44. The van der Waals surface area contributed by atoms with Gasteiger partial charge in [-0.05, 0) is 30.9 Å². The fourth-order valence-electron chi connectivity index (χ4n) is 2.27. The predicted octanol–water partition coefficient (Wildman–Crippen LogP) is 1.65. The molecule has 0 saturated heterocycles. The van der Waals surface area contributed by atoms with Gasteiger partial charge in [0.25, 0.3) is 0 Å². The van der Waals surface area contributed by atoms with E-state index in [-0.39, 0.29) is 5.28 Å². The highest BCUT2D eigenvalue weighted by molar-refractivity contribution is 7.85. The third kappa shape index (κ3) is 1.78. The lowest BCUT2D eigenvalue weighted by molar-refractivity contribution is 0.355. The first-order chi connectivity index (χ1) is 8.63. The molecule has 18 heavy (non-hydrogen) atoms.